The number of nitrogens with one attached hydrogen (secondary N) is 1. The van der Waals surface area contributed by atoms with Crippen LogP contribution in [0, 0.1) is 0 Å². The summed E-state index contributed by atoms with van der Waals surface area (Å²) in [5, 5.41) is 2.34. The summed E-state index contributed by atoms with van der Waals surface area (Å²) in [6.07, 6.45) is -1.97. The van der Waals surface area contributed by atoms with Gasteiger partial charge in [0.15, 0.2) is 0 Å². The van der Waals surface area contributed by atoms with Crippen molar-refractivity contribution >= 4 is 33.2 Å². The summed E-state index contributed by atoms with van der Waals surface area (Å²) in [5.74, 6) is -0.896. The van der Waals surface area contributed by atoms with Crippen molar-refractivity contribution in [3.63, 3.8) is 0 Å². The van der Waals surface area contributed by atoms with E-state index >= 15 is 0 Å². The van der Waals surface area contributed by atoms with Crippen molar-refractivity contribution < 1.29 is 18.0 Å². The second kappa shape index (κ2) is 5.72. The summed E-state index contributed by atoms with van der Waals surface area (Å²) in [5.41, 5.74) is 4.44. The number of hydrogen-bond donors (Lipinski definition) is 2. The molecule has 0 fully saturated rings. The summed E-state index contributed by atoms with van der Waals surface area (Å²) >= 11 is 2.96. The number of carbonyl (C=O) groups is 1. The van der Waals surface area contributed by atoms with Crippen LogP contribution < -0.4 is 11.1 Å². The number of hydrogen-bond acceptors (Lipinski definition) is 3. The molecule has 4 nitrogen and oxygen atoms in total. The highest BCUT2D eigenvalue weighted by Gasteiger charge is 2.35. The summed E-state index contributed by atoms with van der Waals surface area (Å²) in [6, 6.07) is 4.71. The number of carbonyl (C=O) groups excluding carboxylic acids is 1. The number of pyridine rings is 1. The van der Waals surface area contributed by atoms with Gasteiger partial charge in [-0.1, -0.05) is 15.9 Å². The quantitative estimate of drug-likeness (QED) is 0.858. The SMILES string of the molecule is Nc1cnccc1NC(=O)c1ccc(Br)cc1C(F)(F)F. The van der Waals surface area contributed by atoms with Gasteiger partial charge in [-0.2, -0.15) is 13.2 Å². The van der Waals surface area contributed by atoms with Gasteiger partial charge in [-0.3, -0.25) is 9.78 Å². The van der Waals surface area contributed by atoms with Crippen LogP contribution in [-0.4, -0.2) is 10.9 Å². The van der Waals surface area contributed by atoms with Gasteiger partial charge >= 0.3 is 6.18 Å². The smallest absolute Gasteiger partial charge is 0.396 e. The number of nitrogens with two attached hydrogens (primary N) is 1. The summed E-state index contributed by atoms with van der Waals surface area (Å²) < 4.78 is 39.1. The van der Waals surface area contributed by atoms with Crippen molar-refractivity contribution in [3.8, 4) is 0 Å². The van der Waals surface area contributed by atoms with Gasteiger partial charge in [0, 0.05) is 10.7 Å². The highest BCUT2D eigenvalue weighted by molar-refractivity contribution is 9.10. The molecule has 1 heterocycles. The maximum absolute atomic E-state index is 13.0. The Morgan fingerprint density at radius 3 is 2.62 bits per heavy atom. The van der Waals surface area contributed by atoms with Crippen molar-refractivity contribution in [1.29, 1.82) is 0 Å². The first-order chi connectivity index (χ1) is 9.79. The second-order valence-electron chi connectivity index (χ2n) is 4.10. The molecule has 21 heavy (non-hydrogen) atoms. The fourth-order valence-electron chi connectivity index (χ4n) is 1.66. The van der Waals surface area contributed by atoms with Gasteiger partial charge in [-0.25, -0.2) is 0 Å². The first kappa shape index (κ1) is 15.3. The molecular formula is C13H9BrF3N3O. The van der Waals surface area contributed by atoms with Crippen molar-refractivity contribution in [3.05, 3.63) is 52.3 Å². The largest absolute Gasteiger partial charge is 0.417 e. The number of anilines is 2. The van der Waals surface area contributed by atoms with Gasteiger partial charge in [0.25, 0.3) is 5.91 Å². The molecule has 8 heteroatoms. The molecule has 0 saturated heterocycles. The lowest BCUT2D eigenvalue weighted by atomic mass is 10.1. The Morgan fingerprint density at radius 2 is 2.00 bits per heavy atom. The fraction of sp³-hybridized carbons (Fsp3) is 0.0769. The molecular weight excluding hydrogens is 351 g/mol. The van der Waals surface area contributed by atoms with E-state index in [-0.39, 0.29) is 15.8 Å². The number of aromatic nitrogens is 1. The van der Waals surface area contributed by atoms with Crippen molar-refractivity contribution in [2.24, 2.45) is 0 Å². The third kappa shape index (κ3) is 3.52. The molecule has 0 radical (unpaired) electrons. The maximum atomic E-state index is 13.0. The standard InChI is InChI=1S/C13H9BrF3N3O/c14-7-1-2-8(9(5-7)13(15,16)17)12(21)20-11-3-4-19-6-10(11)18/h1-6H,18H2,(H,19,20,21). The molecule has 0 bridgehead atoms. The van der Waals surface area contributed by atoms with E-state index in [1.165, 1.54) is 24.5 Å². The molecule has 0 spiro atoms. The minimum absolute atomic E-state index is 0.163. The molecule has 110 valence electrons. The molecule has 0 saturated carbocycles. The van der Waals surface area contributed by atoms with Crippen LogP contribution in [0.5, 0.6) is 0 Å². The monoisotopic (exact) mass is 359 g/mol. The highest BCUT2D eigenvalue weighted by Crippen LogP contribution is 2.34. The maximum Gasteiger partial charge on any atom is 0.417 e. The molecule has 2 rings (SSSR count). The van der Waals surface area contributed by atoms with E-state index in [0.717, 1.165) is 12.1 Å². The molecule has 0 aliphatic rings. The van der Waals surface area contributed by atoms with Crippen LogP contribution in [0.1, 0.15) is 15.9 Å². The molecule has 1 aromatic heterocycles. The summed E-state index contributed by atoms with van der Waals surface area (Å²) in [6.45, 7) is 0. The molecule has 0 aliphatic heterocycles. The number of rotatable bonds is 2. The second-order valence-corrected chi connectivity index (χ2v) is 5.02. The zero-order chi connectivity index (χ0) is 15.6. The number of benzene rings is 1. The lowest BCUT2D eigenvalue weighted by molar-refractivity contribution is -0.137. The zero-order valence-corrected chi connectivity index (χ0v) is 12.0. The highest BCUT2D eigenvalue weighted by atomic mass is 79.9. The minimum Gasteiger partial charge on any atom is -0.396 e. The third-order valence-corrected chi connectivity index (χ3v) is 3.12. The average Bonchev–Trinajstić information content (AvgIpc) is 2.40. The molecule has 0 aliphatic carbocycles. The van der Waals surface area contributed by atoms with E-state index in [2.05, 4.69) is 26.2 Å². The first-order valence-corrected chi connectivity index (χ1v) is 6.46. The van der Waals surface area contributed by atoms with E-state index in [1.54, 1.807) is 0 Å². The van der Waals surface area contributed by atoms with Gasteiger partial charge in [0.05, 0.1) is 28.7 Å². The number of alkyl halides is 3. The van der Waals surface area contributed by atoms with Crippen LogP contribution in [-0.2, 0) is 6.18 Å². The molecule has 2 aromatic rings. The predicted octanol–water partition coefficient (Wildman–Crippen LogP) is 3.70. The van der Waals surface area contributed by atoms with Crippen LogP contribution in [0.25, 0.3) is 0 Å². The normalized spacial score (nSPS) is 11.2. The fourth-order valence-corrected chi connectivity index (χ4v) is 2.02. The lowest BCUT2D eigenvalue weighted by Crippen LogP contribution is -2.19. The van der Waals surface area contributed by atoms with Crippen LogP contribution in [0.2, 0.25) is 0 Å². The predicted molar refractivity (Wildman–Crippen MR) is 75.7 cm³/mol. The van der Waals surface area contributed by atoms with Crippen molar-refractivity contribution in [1.82, 2.24) is 4.98 Å². The molecule has 3 N–H and O–H groups in total. The van der Waals surface area contributed by atoms with E-state index in [1.807, 2.05) is 0 Å². The molecule has 1 amide bonds. The topological polar surface area (TPSA) is 68.0 Å². The number of halogens is 4. The van der Waals surface area contributed by atoms with Gasteiger partial charge in [-0.15, -0.1) is 0 Å². The Morgan fingerprint density at radius 1 is 1.29 bits per heavy atom. The molecule has 0 unspecified atom stereocenters. The average molecular weight is 360 g/mol. The van der Waals surface area contributed by atoms with Crippen molar-refractivity contribution in [2.75, 3.05) is 11.1 Å². The van der Waals surface area contributed by atoms with Crippen molar-refractivity contribution in [2.45, 2.75) is 6.18 Å². The van der Waals surface area contributed by atoms with Crippen LogP contribution in [0.15, 0.2) is 41.1 Å². The Balaban J connectivity index is 2.38. The van der Waals surface area contributed by atoms with E-state index in [4.69, 9.17) is 5.73 Å². The Kier molecular flexibility index (Phi) is 4.17. The number of nitrogens with zero attached hydrogens (tertiary/aromatic N) is 1. The van der Waals surface area contributed by atoms with E-state index in [0.29, 0.717) is 0 Å². The van der Waals surface area contributed by atoms with Gasteiger partial charge in [0.1, 0.15) is 0 Å². The van der Waals surface area contributed by atoms with Crippen LogP contribution >= 0.6 is 15.9 Å². The van der Waals surface area contributed by atoms with Gasteiger partial charge < -0.3 is 11.1 Å². The van der Waals surface area contributed by atoms with Gasteiger partial charge in [0.2, 0.25) is 0 Å². The van der Waals surface area contributed by atoms with Crippen LogP contribution in [0.4, 0.5) is 24.5 Å². The summed E-state index contributed by atoms with van der Waals surface area (Å²) in [7, 11) is 0. The first-order valence-electron chi connectivity index (χ1n) is 5.66. The number of amides is 1. The Hall–Kier alpha value is -2.09. The van der Waals surface area contributed by atoms with Crippen LogP contribution in [0.3, 0.4) is 0 Å². The van der Waals surface area contributed by atoms with Gasteiger partial charge in [-0.05, 0) is 24.3 Å². The van der Waals surface area contributed by atoms with E-state index in [9.17, 15) is 18.0 Å². The Bertz CT molecular complexity index is 689. The lowest BCUT2D eigenvalue weighted by Gasteiger charge is -2.14. The molecule has 1 aromatic carbocycles. The third-order valence-electron chi connectivity index (χ3n) is 2.63. The number of nitrogen functional groups attached to an aromatic ring is 1. The molecule has 0 atom stereocenters. The minimum atomic E-state index is -4.64. The Labute approximate surface area is 126 Å². The van der Waals surface area contributed by atoms with E-state index < -0.39 is 23.2 Å². The summed E-state index contributed by atoms with van der Waals surface area (Å²) in [4.78, 5) is 15.8. The zero-order valence-electron chi connectivity index (χ0n) is 10.4.